The van der Waals surface area contributed by atoms with Crippen LogP contribution in [0.15, 0.2) is 42.5 Å². The van der Waals surface area contributed by atoms with Crippen LogP contribution < -0.4 is 11.3 Å². The number of benzene rings is 1. The number of hydrogen-bond donors (Lipinski definition) is 2. The highest BCUT2D eigenvalue weighted by Gasteiger charge is 1.99. The summed E-state index contributed by atoms with van der Waals surface area (Å²) in [5.41, 5.74) is 3.87. The first-order valence-electron chi connectivity index (χ1n) is 4.02. The molecule has 0 atom stereocenters. The average molecular weight is 190 g/mol. The van der Waals surface area contributed by atoms with Crippen LogP contribution in [0.2, 0.25) is 0 Å². The molecule has 0 unspecified atom stereocenters. The van der Waals surface area contributed by atoms with E-state index >= 15 is 0 Å². The fourth-order valence-electron chi connectivity index (χ4n) is 1.17. The summed E-state index contributed by atoms with van der Waals surface area (Å²) in [6.45, 7) is 0. The molecule has 0 amide bonds. The first-order valence-corrected chi connectivity index (χ1v) is 4.83. The molecule has 3 heteroatoms. The van der Waals surface area contributed by atoms with E-state index in [0.717, 1.165) is 5.00 Å². The van der Waals surface area contributed by atoms with Gasteiger partial charge in [-0.15, -0.1) is 11.3 Å². The summed E-state index contributed by atoms with van der Waals surface area (Å²) in [5.74, 6) is 5.30. The maximum atomic E-state index is 5.30. The van der Waals surface area contributed by atoms with Gasteiger partial charge in [-0.25, -0.2) is 5.84 Å². The van der Waals surface area contributed by atoms with E-state index in [1.165, 1.54) is 10.4 Å². The molecule has 0 saturated heterocycles. The normalized spacial score (nSPS) is 9.92. The number of nitrogen functional groups attached to an aromatic ring is 1. The van der Waals surface area contributed by atoms with Crippen molar-refractivity contribution in [3.05, 3.63) is 42.5 Å². The molecule has 2 nitrogen and oxygen atoms in total. The van der Waals surface area contributed by atoms with Crippen molar-refractivity contribution in [2.75, 3.05) is 5.43 Å². The second-order valence-corrected chi connectivity index (χ2v) is 3.76. The van der Waals surface area contributed by atoms with Crippen molar-refractivity contribution in [3.8, 4) is 10.4 Å². The standard InChI is InChI=1S/C10H10N2S/c11-12-10-7-6-9(13-10)8-4-2-1-3-5-8/h1-7,12H,11H2. The van der Waals surface area contributed by atoms with E-state index in [1.54, 1.807) is 11.3 Å². The first kappa shape index (κ1) is 8.29. The van der Waals surface area contributed by atoms with Crippen molar-refractivity contribution < 1.29 is 0 Å². The van der Waals surface area contributed by atoms with E-state index < -0.39 is 0 Å². The summed E-state index contributed by atoms with van der Waals surface area (Å²) < 4.78 is 0. The summed E-state index contributed by atoms with van der Waals surface area (Å²) in [6.07, 6.45) is 0. The van der Waals surface area contributed by atoms with Gasteiger partial charge in [0.25, 0.3) is 0 Å². The van der Waals surface area contributed by atoms with Gasteiger partial charge in [0, 0.05) is 4.88 Å². The zero-order valence-electron chi connectivity index (χ0n) is 7.03. The number of anilines is 1. The number of hydrazine groups is 1. The Kier molecular flexibility index (Phi) is 2.29. The summed E-state index contributed by atoms with van der Waals surface area (Å²) in [4.78, 5) is 1.23. The van der Waals surface area contributed by atoms with Gasteiger partial charge in [0.2, 0.25) is 0 Å². The van der Waals surface area contributed by atoms with Crippen LogP contribution >= 0.6 is 11.3 Å². The Balaban J connectivity index is 2.36. The van der Waals surface area contributed by atoms with Crippen LogP contribution in [0.25, 0.3) is 10.4 Å². The molecule has 66 valence electrons. The highest BCUT2D eigenvalue weighted by molar-refractivity contribution is 7.19. The van der Waals surface area contributed by atoms with Crippen LogP contribution in [0.4, 0.5) is 5.00 Å². The predicted molar refractivity (Wildman–Crippen MR) is 57.6 cm³/mol. The second kappa shape index (κ2) is 3.60. The molecule has 3 N–H and O–H groups in total. The van der Waals surface area contributed by atoms with Crippen LogP contribution in [0.5, 0.6) is 0 Å². The van der Waals surface area contributed by atoms with E-state index in [9.17, 15) is 0 Å². The first-order chi connectivity index (χ1) is 6.40. The average Bonchev–Trinajstić information content (AvgIpc) is 2.67. The zero-order valence-corrected chi connectivity index (χ0v) is 7.84. The fourth-order valence-corrected chi connectivity index (χ4v) is 1.99. The van der Waals surface area contributed by atoms with E-state index in [4.69, 9.17) is 5.84 Å². The zero-order chi connectivity index (χ0) is 9.10. The van der Waals surface area contributed by atoms with Crippen molar-refractivity contribution in [1.82, 2.24) is 0 Å². The Hall–Kier alpha value is -1.32. The Labute approximate surface area is 81.0 Å². The molecule has 2 rings (SSSR count). The number of rotatable bonds is 2. The lowest BCUT2D eigenvalue weighted by atomic mass is 10.2. The molecule has 2 aromatic rings. The quantitative estimate of drug-likeness (QED) is 0.564. The van der Waals surface area contributed by atoms with Crippen LogP contribution in [-0.4, -0.2) is 0 Å². The summed E-state index contributed by atoms with van der Waals surface area (Å²) >= 11 is 1.65. The van der Waals surface area contributed by atoms with Gasteiger partial charge in [-0.3, -0.25) is 0 Å². The topological polar surface area (TPSA) is 38.0 Å². The van der Waals surface area contributed by atoms with Crippen LogP contribution in [0.3, 0.4) is 0 Å². The minimum atomic E-state index is 0.985. The molecule has 0 aliphatic carbocycles. The third kappa shape index (κ3) is 1.71. The molecular formula is C10H10N2S. The Morgan fingerprint density at radius 2 is 1.77 bits per heavy atom. The SMILES string of the molecule is NNc1ccc(-c2ccccc2)s1. The summed E-state index contributed by atoms with van der Waals surface area (Å²) in [5, 5.41) is 0.985. The molecule has 1 aromatic heterocycles. The van der Waals surface area contributed by atoms with Crippen molar-refractivity contribution in [1.29, 1.82) is 0 Å². The predicted octanol–water partition coefficient (Wildman–Crippen LogP) is 2.70. The number of nitrogens with one attached hydrogen (secondary N) is 1. The monoisotopic (exact) mass is 190 g/mol. The highest BCUT2D eigenvalue weighted by atomic mass is 32.1. The second-order valence-electron chi connectivity index (χ2n) is 2.67. The van der Waals surface area contributed by atoms with Gasteiger partial charge in [0.05, 0.1) is 0 Å². The molecule has 13 heavy (non-hydrogen) atoms. The summed E-state index contributed by atoms with van der Waals surface area (Å²) in [7, 11) is 0. The molecule has 0 aliphatic rings. The third-order valence-corrected chi connectivity index (χ3v) is 2.87. The van der Waals surface area contributed by atoms with E-state index in [1.807, 2.05) is 24.3 Å². The fraction of sp³-hybridized carbons (Fsp3) is 0. The summed E-state index contributed by atoms with van der Waals surface area (Å²) in [6, 6.07) is 14.3. The lowest BCUT2D eigenvalue weighted by Crippen LogP contribution is -2.03. The lowest BCUT2D eigenvalue weighted by Gasteiger charge is -1.94. The van der Waals surface area contributed by atoms with Gasteiger partial charge in [-0.05, 0) is 17.7 Å². The van der Waals surface area contributed by atoms with Crippen LogP contribution in [-0.2, 0) is 0 Å². The molecular weight excluding hydrogens is 180 g/mol. The van der Waals surface area contributed by atoms with Gasteiger partial charge < -0.3 is 5.43 Å². The molecule has 0 spiro atoms. The van der Waals surface area contributed by atoms with Crippen molar-refractivity contribution in [3.63, 3.8) is 0 Å². The maximum Gasteiger partial charge on any atom is 0.103 e. The van der Waals surface area contributed by atoms with Crippen LogP contribution in [0, 0.1) is 0 Å². The molecule has 1 heterocycles. The van der Waals surface area contributed by atoms with E-state index in [2.05, 4.69) is 23.6 Å². The van der Waals surface area contributed by atoms with Gasteiger partial charge >= 0.3 is 0 Å². The third-order valence-electron chi connectivity index (χ3n) is 1.81. The molecule has 0 saturated carbocycles. The highest BCUT2D eigenvalue weighted by Crippen LogP contribution is 2.30. The van der Waals surface area contributed by atoms with Crippen molar-refractivity contribution in [2.45, 2.75) is 0 Å². The van der Waals surface area contributed by atoms with Gasteiger partial charge in [0.1, 0.15) is 5.00 Å². The Morgan fingerprint density at radius 3 is 2.38 bits per heavy atom. The lowest BCUT2D eigenvalue weighted by molar-refractivity contribution is 1.39. The minimum absolute atomic E-state index is 0.985. The van der Waals surface area contributed by atoms with Crippen molar-refractivity contribution >= 4 is 16.3 Å². The van der Waals surface area contributed by atoms with Crippen molar-refractivity contribution in [2.24, 2.45) is 5.84 Å². The number of thiophene rings is 1. The largest absolute Gasteiger partial charge is 0.315 e. The van der Waals surface area contributed by atoms with E-state index in [-0.39, 0.29) is 0 Å². The maximum absolute atomic E-state index is 5.30. The number of nitrogens with two attached hydrogens (primary N) is 1. The molecule has 0 bridgehead atoms. The Bertz CT molecular complexity index is 381. The van der Waals surface area contributed by atoms with Gasteiger partial charge in [0.15, 0.2) is 0 Å². The molecule has 0 radical (unpaired) electrons. The smallest absolute Gasteiger partial charge is 0.103 e. The minimum Gasteiger partial charge on any atom is -0.315 e. The Morgan fingerprint density at radius 1 is 1.00 bits per heavy atom. The molecule has 1 aromatic carbocycles. The number of hydrogen-bond acceptors (Lipinski definition) is 3. The molecule has 0 aliphatic heterocycles. The molecule has 0 fully saturated rings. The van der Waals surface area contributed by atoms with E-state index in [0.29, 0.717) is 0 Å². The van der Waals surface area contributed by atoms with Gasteiger partial charge in [-0.2, -0.15) is 0 Å². The van der Waals surface area contributed by atoms with Gasteiger partial charge in [-0.1, -0.05) is 30.3 Å². The van der Waals surface area contributed by atoms with Crippen LogP contribution in [0.1, 0.15) is 0 Å².